The summed E-state index contributed by atoms with van der Waals surface area (Å²) in [5, 5.41) is 10.7. The van der Waals surface area contributed by atoms with Gasteiger partial charge in [-0.25, -0.2) is 0 Å². The van der Waals surface area contributed by atoms with E-state index in [0.717, 1.165) is 19.7 Å². The van der Waals surface area contributed by atoms with Crippen LogP contribution in [0.4, 0.5) is 0 Å². The van der Waals surface area contributed by atoms with Gasteiger partial charge in [0.15, 0.2) is 0 Å². The number of likely N-dealkylation sites (N-methyl/N-ethyl adjacent to an activating group) is 1. The van der Waals surface area contributed by atoms with Crippen LogP contribution in [0.25, 0.3) is 0 Å². The molecule has 0 radical (unpaired) electrons. The molecule has 0 atom stereocenters. The summed E-state index contributed by atoms with van der Waals surface area (Å²) in [6, 6.07) is 1.93. The monoisotopic (exact) mass is 158 g/mol. The Bertz CT molecular complexity index is 84.6. The third kappa shape index (κ3) is 26.6. The third-order valence-corrected chi connectivity index (χ3v) is 0.891. The minimum absolute atomic E-state index is 0.625. The molecule has 3 heteroatoms. The zero-order valence-corrected chi connectivity index (χ0v) is 7.68. The van der Waals surface area contributed by atoms with Crippen LogP contribution in [0.15, 0.2) is 0 Å². The van der Waals surface area contributed by atoms with E-state index < -0.39 is 0 Å². The van der Waals surface area contributed by atoms with Crippen molar-refractivity contribution in [2.75, 3.05) is 26.8 Å². The van der Waals surface area contributed by atoms with Crippen LogP contribution in [0.2, 0.25) is 0 Å². The molecule has 0 aromatic heterocycles. The van der Waals surface area contributed by atoms with Crippen LogP contribution in [-0.4, -0.2) is 26.8 Å². The Morgan fingerprint density at radius 2 is 2.00 bits per heavy atom. The van der Waals surface area contributed by atoms with Gasteiger partial charge in [-0.1, -0.05) is 13.8 Å². The van der Waals surface area contributed by atoms with Crippen molar-refractivity contribution in [3.05, 3.63) is 0 Å². The lowest BCUT2D eigenvalue weighted by Crippen LogP contribution is -2.17. The second-order valence-corrected chi connectivity index (χ2v) is 1.86. The van der Waals surface area contributed by atoms with Crippen molar-refractivity contribution in [1.82, 2.24) is 5.32 Å². The van der Waals surface area contributed by atoms with Crippen molar-refractivity contribution >= 4 is 0 Å². The maximum Gasteiger partial charge on any atom is 0.0618 e. The van der Waals surface area contributed by atoms with Crippen LogP contribution in [0.5, 0.6) is 0 Å². The molecule has 0 unspecified atom stereocenters. The van der Waals surface area contributed by atoms with Crippen LogP contribution in [0, 0.1) is 11.3 Å². The molecule has 0 rings (SSSR count). The molecule has 0 heterocycles. The Morgan fingerprint density at radius 1 is 1.45 bits per heavy atom. The van der Waals surface area contributed by atoms with E-state index in [1.807, 2.05) is 13.0 Å². The first-order valence-electron chi connectivity index (χ1n) is 3.90. The highest BCUT2D eigenvalue weighted by Gasteiger charge is 1.76. The van der Waals surface area contributed by atoms with E-state index >= 15 is 0 Å². The van der Waals surface area contributed by atoms with E-state index in [1.165, 1.54) is 0 Å². The highest BCUT2D eigenvalue weighted by Crippen LogP contribution is 1.61. The molecule has 0 amide bonds. The van der Waals surface area contributed by atoms with Gasteiger partial charge < -0.3 is 10.1 Å². The zero-order chi connectivity index (χ0) is 8.95. The molecule has 0 aliphatic carbocycles. The largest absolute Gasteiger partial charge is 0.383 e. The topological polar surface area (TPSA) is 45.0 Å². The summed E-state index contributed by atoms with van der Waals surface area (Å²) in [6.45, 7) is 6.71. The highest BCUT2D eigenvalue weighted by atomic mass is 16.5. The molecule has 0 aromatic carbocycles. The molecule has 1 N–H and O–H groups in total. The predicted octanol–water partition coefficient (Wildman–Crippen LogP) is 1.16. The van der Waals surface area contributed by atoms with Crippen molar-refractivity contribution in [2.45, 2.75) is 20.3 Å². The molecule has 0 saturated heterocycles. The number of rotatable bonds is 4. The fourth-order valence-corrected chi connectivity index (χ4v) is 0.351. The Labute approximate surface area is 69.4 Å². The molecular weight excluding hydrogens is 140 g/mol. The van der Waals surface area contributed by atoms with Gasteiger partial charge in [0, 0.05) is 20.1 Å². The van der Waals surface area contributed by atoms with Gasteiger partial charge in [-0.2, -0.15) is 5.26 Å². The summed E-state index contributed by atoms with van der Waals surface area (Å²) in [6.07, 6.45) is 0.625. The molecule has 3 nitrogen and oxygen atoms in total. The Morgan fingerprint density at radius 3 is 2.27 bits per heavy atom. The normalized spacial score (nSPS) is 7.82. The number of ether oxygens (including phenoxy) is 1. The molecule has 0 saturated carbocycles. The second-order valence-electron chi connectivity index (χ2n) is 1.86. The lowest BCUT2D eigenvalue weighted by Gasteiger charge is -1.96. The smallest absolute Gasteiger partial charge is 0.0618 e. The van der Waals surface area contributed by atoms with E-state index in [2.05, 4.69) is 12.2 Å². The van der Waals surface area contributed by atoms with Crippen molar-refractivity contribution in [2.24, 2.45) is 0 Å². The molecule has 0 fully saturated rings. The number of hydrogen-bond donors (Lipinski definition) is 1. The maximum atomic E-state index is 7.62. The van der Waals surface area contributed by atoms with Crippen LogP contribution in [0.3, 0.4) is 0 Å². The molecule has 0 aliphatic rings. The lowest BCUT2D eigenvalue weighted by molar-refractivity contribution is 0.200. The van der Waals surface area contributed by atoms with E-state index in [4.69, 9.17) is 10.00 Å². The van der Waals surface area contributed by atoms with Crippen LogP contribution >= 0.6 is 0 Å². The summed E-state index contributed by atoms with van der Waals surface area (Å²) in [7, 11) is 1.71. The maximum absolute atomic E-state index is 7.62. The van der Waals surface area contributed by atoms with E-state index in [-0.39, 0.29) is 0 Å². The molecule has 0 aliphatic heterocycles. The molecule has 0 aromatic rings. The first-order valence-corrected chi connectivity index (χ1v) is 3.90. The van der Waals surface area contributed by atoms with Crippen molar-refractivity contribution in [3.63, 3.8) is 0 Å². The number of nitrogens with zero attached hydrogens (tertiary/aromatic N) is 1. The van der Waals surface area contributed by atoms with Gasteiger partial charge in [0.1, 0.15) is 0 Å². The first-order chi connectivity index (χ1) is 5.33. The fourth-order valence-electron chi connectivity index (χ4n) is 0.351. The Kier molecular flexibility index (Phi) is 19.2. The zero-order valence-electron chi connectivity index (χ0n) is 7.68. The first kappa shape index (κ1) is 13.0. The Balaban J connectivity index is 0. The summed E-state index contributed by atoms with van der Waals surface area (Å²) < 4.78 is 4.78. The van der Waals surface area contributed by atoms with Gasteiger partial charge in [0.25, 0.3) is 0 Å². The van der Waals surface area contributed by atoms with Gasteiger partial charge in [0.2, 0.25) is 0 Å². The van der Waals surface area contributed by atoms with Gasteiger partial charge in [0.05, 0.1) is 12.7 Å². The molecule has 11 heavy (non-hydrogen) atoms. The summed E-state index contributed by atoms with van der Waals surface area (Å²) >= 11 is 0. The van der Waals surface area contributed by atoms with Crippen molar-refractivity contribution in [1.29, 1.82) is 5.26 Å². The van der Waals surface area contributed by atoms with Gasteiger partial charge in [-0.15, -0.1) is 0 Å². The average molecular weight is 158 g/mol. The van der Waals surface area contributed by atoms with Crippen LogP contribution < -0.4 is 5.32 Å². The number of hydrogen-bond acceptors (Lipinski definition) is 3. The quantitative estimate of drug-likeness (QED) is 0.624. The number of methoxy groups -OCH3 is 1. The second kappa shape index (κ2) is 16.2. The standard InChI is InChI=1S/C5H13NO.C3H5N/c1-3-6-4-5-7-2;1-2-3-4/h6H,3-5H2,1-2H3;2H2,1H3. The summed E-state index contributed by atoms with van der Waals surface area (Å²) in [5.41, 5.74) is 0. The molecular formula is C8H18N2O. The molecule has 0 bridgehead atoms. The summed E-state index contributed by atoms with van der Waals surface area (Å²) in [4.78, 5) is 0. The van der Waals surface area contributed by atoms with Gasteiger partial charge >= 0.3 is 0 Å². The average Bonchev–Trinajstić information content (AvgIpc) is 2.06. The minimum atomic E-state index is 0.625. The van der Waals surface area contributed by atoms with Crippen LogP contribution in [0.1, 0.15) is 20.3 Å². The van der Waals surface area contributed by atoms with Crippen LogP contribution in [-0.2, 0) is 4.74 Å². The molecule has 66 valence electrons. The van der Waals surface area contributed by atoms with E-state index in [9.17, 15) is 0 Å². The predicted molar refractivity (Wildman–Crippen MR) is 46.3 cm³/mol. The summed E-state index contributed by atoms with van der Waals surface area (Å²) in [5.74, 6) is 0. The van der Waals surface area contributed by atoms with Crippen molar-refractivity contribution in [3.8, 4) is 6.07 Å². The minimum Gasteiger partial charge on any atom is -0.383 e. The Hall–Kier alpha value is -0.590. The lowest BCUT2D eigenvalue weighted by atomic mass is 10.6. The SMILES string of the molecule is CCC#N.CCNCCOC. The van der Waals surface area contributed by atoms with E-state index in [1.54, 1.807) is 7.11 Å². The number of nitriles is 1. The van der Waals surface area contributed by atoms with Crippen molar-refractivity contribution < 1.29 is 4.74 Å². The van der Waals surface area contributed by atoms with Gasteiger partial charge in [-0.3, -0.25) is 0 Å². The van der Waals surface area contributed by atoms with Gasteiger partial charge in [-0.05, 0) is 6.54 Å². The number of nitrogens with one attached hydrogen (secondary N) is 1. The van der Waals surface area contributed by atoms with E-state index in [0.29, 0.717) is 6.42 Å². The third-order valence-electron chi connectivity index (χ3n) is 0.891. The highest BCUT2D eigenvalue weighted by molar-refractivity contribution is 4.61. The molecule has 0 spiro atoms. The fraction of sp³-hybridized carbons (Fsp3) is 0.875.